The fraction of sp³-hybridized carbons (Fsp3) is 0.364. The van der Waals surface area contributed by atoms with Gasteiger partial charge in [-0.05, 0) is 52.5 Å². The Morgan fingerprint density at radius 1 is 1.14 bits per heavy atom. The fourth-order valence-corrected chi connectivity index (χ4v) is 3.43. The van der Waals surface area contributed by atoms with Crippen LogP contribution in [0.25, 0.3) is 0 Å². The maximum atomic E-state index is 13.0. The molecule has 0 radical (unpaired) electrons. The van der Waals surface area contributed by atoms with Crippen molar-refractivity contribution in [1.29, 1.82) is 0 Å². The minimum Gasteiger partial charge on any atom is -0.483 e. The quantitative estimate of drug-likeness (QED) is 0.566. The van der Waals surface area contributed by atoms with Crippen LogP contribution in [-0.2, 0) is 16.1 Å². The Kier molecular flexibility index (Phi) is 8.99. The maximum Gasteiger partial charge on any atom is 0.261 e. The van der Waals surface area contributed by atoms with Gasteiger partial charge in [-0.25, -0.2) is 0 Å². The molecule has 5 nitrogen and oxygen atoms in total. The summed E-state index contributed by atoms with van der Waals surface area (Å²) in [6.45, 7) is 6.47. The molecule has 29 heavy (non-hydrogen) atoms. The lowest BCUT2D eigenvalue weighted by atomic mass is 10.1. The Morgan fingerprint density at radius 3 is 2.45 bits per heavy atom. The Morgan fingerprint density at radius 2 is 1.83 bits per heavy atom. The molecule has 0 aliphatic carbocycles. The lowest BCUT2D eigenvalue weighted by molar-refractivity contribution is -0.142. The van der Waals surface area contributed by atoms with Crippen molar-refractivity contribution in [2.45, 2.75) is 33.4 Å². The fourth-order valence-electron chi connectivity index (χ4n) is 2.63. The molecule has 2 aromatic carbocycles. The van der Waals surface area contributed by atoms with Gasteiger partial charge in [0.1, 0.15) is 11.8 Å². The Balaban J connectivity index is 2.12. The molecule has 1 N–H and O–H groups in total. The SMILES string of the molecule is CC(C)CNC(=O)[C@H](C)N(Cc1ccccc1)C(=O)COc1ccc(Cl)cc1Br. The monoisotopic (exact) mass is 480 g/mol. The second-order valence-corrected chi connectivity index (χ2v) is 8.48. The normalized spacial score (nSPS) is 11.8. The average Bonchev–Trinajstić information content (AvgIpc) is 2.69. The summed E-state index contributed by atoms with van der Waals surface area (Å²) in [7, 11) is 0. The molecule has 0 bridgehead atoms. The molecule has 0 aromatic heterocycles. The number of carbonyl (C=O) groups excluding carboxylic acids is 2. The summed E-state index contributed by atoms with van der Waals surface area (Å²) in [5, 5.41) is 3.46. The zero-order chi connectivity index (χ0) is 21.4. The predicted molar refractivity (Wildman–Crippen MR) is 119 cm³/mol. The molecule has 2 rings (SSSR count). The number of hydrogen-bond acceptors (Lipinski definition) is 3. The molecular formula is C22H26BrClN2O3. The third-order valence-corrected chi connectivity index (χ3v) is 5.15. The van der Waals surface area contributed by atoms with Gasteiger partial charge in [0, 0.05) is 18.1 Å². The van der Waals surface area contributed by atoms with Gasteiger partial charge in [0.05, 0.1) is 4.47 Å². The number of benzene rings is 2. The summed E-state index contributed by atoms with van der Waals surface area (Å²) in [6, 6.07) is 14.0. The molecule has 0 saturated carbocycles. The van der Waals surface area contributed by atoms with E-state index in [0.29, 0.717) is 34.3 Å². The van der Waals surface area contributed by atoms with E-state index in [-0.39, 0.29) is 18.4 Å². The van der Waals surface area contributed by atoms with E-state index in [1.165, 1.54) is 4.90 Å². The van der Waals surface area contributed by atoms with Gasteiger partial charge in [-0.2, -0.15) is 0 Å². The minimum atomic E-state index is -0.626. The molecule has 0 fully saturated rings. The zero-order valence-electron chi connectivity index (χ0n) is 16.8. The molecule has 0 unspecified atom stereocenters. The van der Waals surface area contributed by atoms with E-state index in [1.54, 1.807) is 25.1 Å². The van der Waals surface area contributed by atoms with E-state index < -0.39 is 6.04 Å². The Labute approximate surface area is 185 Å². The molecule has 0 aliphatic rings. The summed E-state index contributed by atoms with van der Waals surface area (Å²) in [5.41, 5.74) is 0.942. The highest BCUT2D eigenvalue weighted by atomic mass is 79.9. The lowest BCUT2D eigenvalue weighted by Gasteiger charge is -2.29. The van der Waals surface area contributed by atoms with E-state index in [0.717, 1.165) is 5.56 Å². The second-order valence-electron chi connectivity index (χ2n) is 7.19. The molecule has 1 atom stereocenters. The highest BCUT2D eigenvalue weighted by Gasteiger charge is 2.26. The summed E-state index contributed by atoms with van der Waals surface area (Å²) < 4.78 is 6.33. The number of amides is 2. The number of nitrogens with one attached hydrogen (secondary N) is 1. The van der Waals surface area contributed by atoms with Gasteiger partial charge in [0.15, 0.2) is 6.61 Å². The first-order chi connectivity index (χ1) is 13.8. The summed E-state index contributed by atoms with van der Waals surface area (Å²) >= 11 is 9.32. The maximum absolute atomic E-state index is 13.0. The first-order valence-electron chi connectivity index (χ1n) is 9.47. The summed E-state index contributed by atoms with van der Waals surface area (Å²) in [5.74, 6) is 0.382. The van der Waals surface area contributed by atoms with E-state index in [4.69, 9.17) is 16.3 Å². The van der Waals surface area contributed by atoms with E-state index in [2.05, 4.69) is 21.2 Å². The van der Waals surface area contributed by atoms with E-state index in [1.807, 2.05) is 44.2 Å². The van der Waals surface area contributed by atoms with Crippen LogP contribution in [0, 0.1) is 5.92 Å². The highest BCUT2D eigenvalue weighted by molar-refractivity contribution is 9.10. The lowest BCUT2D eigenvalue weighted by Crippen LogP contribution is -2.49. The molecule has 0 aliphatic heterocycles. The molecule has 0 heterocycles. The van der Waals surface area contributed by atoms with Crippen LogP contribution in [0.3, 0.4) is 0 Å². The van der Waals surface area contributed by atoms with Crippen molar-refractivity contribution in [3.8, 4) is 5.75 Å². The number of carbonyl (C=O) groups is 2. The van der Waals surface area contributed by atoms with Gasteiger partial charge in [0.25, 0.3) is 5.91 Å². The van der Waals surface area contributed by atoms with Crippen molar-refractivity contribution >= 4 is 39.3 Å². The van der Waals surface area contributed by atoms with Crippen molar-refractivity contribution in [3.05, 3.63) is 63.6 Å². The third kappa shape index (κ3) is 7.37. The number of hydrogen-bond donors (Lipinski definition) is 1. The van der Waals surface area contributed by atoms with Crippen molar-refractivity contribution in [2.75, 3.05) is 13.2 Å². The van der Waals surface area contributed by atoms with Crippen LogP contribution in [0.15, 0.2) is 53.0 Å². The minimum absolute atomic E-state index is 0.185. The van der Waals surface area contributed by atoms with Gasteiger partial charge in [-0.3, -0.25) is 9.59 Å². The number of nitrogens with zero attached hydrogens (tertiary/aromatic N) is 1. The standard InChI is InChI=1S/C22H26BrClN2O3/c1-15(2)12-25-22(28)16(3)26(13-17-7-5-4-6-8-17)21(27)14-29-20-10-9-18(24)11-19(20)23/h4-11,15-16H,12-14H2,1-3H3,(H,25,28)/t16-/m0/s1. The van der Waals surface area contributed by atoms with Crippen LogP contribution in [0.2, 0.25) is 5.02 Å². The molecule has 0 saturated heterocycles. The smallest absolute Gasteiger partial charge is 0.261 e. The first kappa shape index (κ1) is 23.2. The molecule has 0 spiro atoms. The zero-order valence-corrected chi connectivity index (χ0v) is 19.2. The Bertz CT molecular complexity index is 830. The van der Waals surface area contributed by atoms with Crippen LogP contribution in [0.4, 0.5) is 0 Å². The molecular weight excluding hydrogens is 456 g/mol. The average molecular weight is 482 g/mol. The van der Waals surface area contributed by atoms with E-state index >= 15 is 0 Å². The van der Waals surface area contributed by atoms with Crippen LogP contribution in [0.1, 0.15) is 26.3 Å². The van der Waals surface area contributed by atoms with Crippen molar-refractivity contribution in [2.24, 2.45) is 5.92 Å². The topological polar surface area (TPSA) is 58.6 Å². The number of halogens is 2. The first-order valence-corrected chi connectivity index (χ1v) is 10.6. The van der Waals surface area contributed by atoms with E-state index in [9.17, 15) is 9.59 Å². The Hall–Kier alpha value is -2.05. The van der Waals surface area contributed by atoms with Crippen molar-refractivity contribution in [1.82, 2.24) is 10.2 Å². The van der Waals surface area contributed by atoms with Gasteiger partial charge >= 0.3 is 0 Å². The number of ether oxygens (including phenoxy) is 1. The predicted octanol–water partition coefficient (Wildman–Crippen LogP) is 4.67. The van der Waals surface area contributed by atoms with Crippen LogP contribution >= 0.6 is 27.5 Å². The van der Waals surface area contributed by atoms with Gasteiger partial charge in [-0.1, -0.05) is 55.8 Å². The second kappa shape index (κ2) is 11.2. The molecule has 2 aromatic rings. The molecule has 156 valence electrons. The highest BCUT2D eigenvalue weighted by Crippen LogP contribution is 2.28. The van der Waals surface area contributed by atoms with Crippen molar-refractivity contribution < 1.29 is 14.3 Å². The molecule has 2 amide bonds. The van der Waals surface area contributed by atoms with Gasteiger partial charge < -0.3 is 15.0 Å². The van der Waals surface area contributed by atoms with Crippen molar-refractivity contribution in [3.63, 3.8) is 0 Å². The van der Waals surface area contributed by atoms with Crippen LogP contribution < -0.4 is 10.1 Å². The number of rotatable bonds is 9. The molecule has 7 heteroatoms. The van der Waals surface area contributed by atoms with Gasteiger partial charge in [0.2, 0.25) is 5.91 Å². The summed E-state index contributed by atoms with van der Waals surface area (Å²) in [6.07, 6.45) is 0. The summed E-state index contributed by atoms with van der Waals surface area (Å²) in [4.78, 5) is 27.1. The van der Waals surface area contributed by atoms with Crippen LogP contribution in [0.5, 0.6) is 5.75 Å². The largest absolute Gasteiger partial charge is 0.483 e. The third-order valence-electron chi connectivity index (χ3n) is 4.29. The van der Waals surface area contributed by atoms with Gasteiger partial charge in [-0.15, -0.1) is 0 Å². The van der Waals surface area contributed by atoms with Crippen LogP contribution in [-0.4, -0.2) is 35.9 Å².